The molecule has 1 saturated heterocycles. The van der Waals surface area contributed by atoms with E-state index in [9.17, 15) is 0 Å². The maximum absolute atomic E-state index is 3.60. The molecule has 1 N–H and O–H groups in total. The van der Waals surface area contributed by atoms with Crippen LogP contribution in [-0.4, -0.2) is 48.1 Å². The Bertz CT molecular complexity index is 175. The predicted molar refractivity (Wildman–Crippen MR) is 70.7 cm³/mol. The highest BCUT2D eigenvalue weighted by molar-refractivity contribution is 7.99. The van der Waals surface area contributed by atoms with Crippen LogP contribution in [0.15, 0.2) is 0 Å². The Hall–Kier alpha value is 0.270. The summed E-state index contributed by atoms with van der Waals surface area (Å²) in [7, 11) is 0. The van der Waals surface area contributed by atoms with Gasteiger partial charge in [-0.05, 0) is 32.6 Å². The molecule has 0 aliphatic carbocycles. The molecule has 0 aromatic carbocycles. The molecule has 0 radical (unpaired) electrons. The maximum atomic E-state index is 3.60. The fourth-order valence-corrected chi connectivity index (χ4v) is 2.39. The van der Waals surface area contributed by atoms with Gasteiger partial charge < -0.3 is 5.32 Å². The van der Waals surface area contributed by atoms with E-state index in [-0.39, 0.29) is 0 Å². The van der Waals surface area contributed by atoms with Crippen molar-refractivity contribution in [2.24, 2.45) is 0 Å². The molecule has 1 heterocycles. The number of piperazine rings is 1. The summed E-state index contributed by atoms with van der Waals surface area (Å²) in [4.78, 5) is 2.65. The van der Waals surface area contributed by atoms with Gasteiger partial charge in [-0.2, -0.15) is 11.8 Å². The second-order valence-corrected chi connectivity index (χ2v) is 5.97. The zero-order chi connectivity index (χ0) is 11.3. The number of nitrogens with one attached hydrogen (secondary N) is 1. The summed E-state index contributed by atoms with van der Waals surface area (Å²) in [6, 6.07) is 1.42. The standard InChI is InChI=1S/C12H26N2S/c1-5-12-9-14(10(2)8-13-12)7-6-11(3)15-4/h10-13H,5-9H2,1-4H3. The smallest absolute Gasteiger partial charge is 0.0193 e. The molecule has 0 bridgehead atoms. The lowest BCUT2D eigenvalue weighted by Gasteiger charge is -2.39. The summed E-state index contributed by atoms with van der Waals surface area (Å²) >= 11 is 1.98. The molecule has 1 rings (SSSR count). The van der Waals surface area contributed by atoms with Crippen LogP contribution >= 0.6 is 11.8 Å². The molecule has 0 saturated carbocycles. The highest BCUT2D eigenvalue weighted by atomic mass is 32.2. The van der Waals surface area contributed by atoms with Crippen LogP contribution in [0, 0.1) is 0 Å². The van der Waals surface area contributed by atoms with E-state index >= 15 is 0 Å². The Morgan fingerprint density at radius 2 is 2.27 bits per heavy atom. The molecule has 1 aliphatic heterocycles. The summed E-state index contributed by atoms with van der Waals surface area (Å²) in [6.45, 7) is 10.6. The fraction of sp³-hybridized carbons (Fsp3) is 1.00. The normalized spacial score (nSPS) is 30.4. The summed E-state index contributed by atoms with van der Waals surface area (Å²) in [5.41, 5.74) is 0. The third-order valence-corrected chi connectivity index (χ3v) is 4.54. The number of thioether (sulfide) groups is 1. The van der Waals surface area contributed by atoms with Crippen molar-refractivity contribution in [2.75, 3.05) is 25.9 Å². The first-order chi connectivity index (χ1) is 7.17. The monoisotopic (exact) mass is 230 g/mol. The van der Waals surface area contributed by atoms with Crippen molar-refractivity contribution in [3.05, 3.63) is 0 Å². The molecule has 0 spiro atoms. The van der Waals surface area contributed by atoms with Gasteiger partial charge in [0, 0.05) is 30.4 Å². The van der Waals surface area contributed by atoms with Crippen LogP contribution in [0.5, 0.6) is 0 Å². The number of rotatable bonds is 5. The Labute approximate surface area is 99.2 Å². The molecular weight excluding hydrogens is 204 g/mol. The summed E-state index contributed by atoms with van der Waals surface area (Å²) in [6.07, 6.45) is 4.78. The van der Waals surface area contributed by atoms with E-state index in [1.807, 2.05) is 11.8 Å². The van der Waals surface area contributed by atoms with Crippen molar-refractivity contribution < 1.29 is 0 Å². The Kier molecular flexibility index (Phi) is 6.02. The summed E-state index contributed by atoms with van der Waals surface area (Å²) < 4.78 is 0. The lowest BCUT2D eigenvalue weighted by molar-refractivity contribution is 0.138. The zero-order valence-corrected chi connectivity index (χ0v) is 11.4. The minimum Gasteiger partial charge on any atom is -0.311 e. The third-order valence-electron chi connectivity index (χ3n) is 3.50. The molecule has 0 aromatic rings. The van der Waals surface area contributed by atoms with Gasteiger partial charge in [-0.1, -0.05) is 13.8 Å². The lowest BCUT2D eigenvalue weighted by Crippen LogP contribution is -2.55. The van der Waals surface area contributed by atoms with Crippen LogP contribution in [0.2, 0.25) is 0 Å². The van der Waals surface area contributed by atoms with E-state index in [4.69, 9.17) is 0 Å². The first-order valence-corrected chi connectivity index (χ1v) is 7.46. The SMILES string of the molecule is CCC1CN(CCC(C)SC)C(C)CN1. The quantitative estimate of drug-likeness (QED) is 0.779. The van der Waals surface area contributed by atoms with Gasteiger partial charge in [-0.3, -0.25) is 4.90 Å². The molecule has 15 heavy (non-hydrogen) atoms. The highest BCUT2D eigenvalue weighted by Gasteiger charge is 2.23. The second-order valence-electron chi connectivity index (χ2n) is 4.69. The van der Waals surface area contributed by atoms with Crippen molar-refractivity contribution in [1.29, 1.82) is 0 Å². The lowest BCUT2D eigenvalue weighted by atomic mass is 10.1. The van der Waals surface area contributed by atoms with Gasteiger partial charge in [-0.25, -0.2) is 0 Å². The van der Waals surface area contributed by atoms with Crippen LogP contribution in [0.1, 0.15) is 33.6 Å². The Morgan fingerprint density at radius 3 is 2.87 bits per heavy atom. The zero-order valence-electron chi connectivity index (χ0n) is 10.6. The van der Waals surface area contributed by atoms with E-state index in [1.54, 1.807) is 0 Å². The molecule has 0 aromatic heterocycles. The van der Waals surface area contributed by atoms with E-state index in [2.05, 4.69) is 37.2 Å². The average molecular weight is 230 g/mol. The van der Waals surface area contributed by atoms with E-state index in [0.717, 1.165) is 11.8 Å². The summed E-state index contributed by atoms with van der Waals surface area (Å²) in [5, 5.41) is 4.40. The van der Waals surface area contributed by atoms with Crippen LogP contribution < -0.4 is 5.32 Å². The van der Waals surface area contributed by atoms with Crippen molar-refractivity contribution in [2.45, 2.75) is 50.9 Å². The van der Waals surface area contributed by atoms with Crippen molar-refractivity contribution in [1.82, 2.24) is 10.2 Å². The molecular formula is C12H26N2S. The second kappa shape index (κ2) is 6.77. The van der Waals surface area contributed by atoms with E-state index < -0.39 is 0 Å². The van der Waals surface area contributed by atoms with Crippen LogP contribution in [0.25, 0.3) is 0 Å². The van der Waals surface area contributed by atoms with Gasteiger partial charge in [0.2, 0.25) is 0 Å². The molecule has 2 nitrogen and oxygen atoms in total. The average Bonchev–Trinajstić information content (AvgIpc) is 2.27. The predicted octanol–water partition coefficient (Wildman–Crippen LogP) is 2.20. The first-order valence-electron chi connectivity index (χ1n) is 6.17. The van der Waals surface area contributed by atoms with Gasteiger partial charge in [-0.15, -0.1) is 0 Å². The molecule has 1 fully saturated rings. The molecule has 3 atom stereocenters. The van der Waals surface area contributed by atoms with Crippen molar-refractivity contribution in [3.8, 4) is 0 Å². The molecule has 90 valence electrons. The maximum Gasteiger partial charge on any atom is 0.0193 e. The van der Waals surface area contributed by atoms with E-state index in [0.29, 0.717) is 12.1 Å². The van der Waals surface area contributed by atoms with Crippen LogP contribution in [0.4, 0.5) is 0 Å². The Balaban J connectivity index is 2.31. The van der Waals surface area contributed by atoms with Gasteiger partial charge in [0.1, 0.15) is 0 Å². The molecule has 1 aliphatic rings. The van der Waals surface area contributed by atoms with Crippen LogP contribution in [0.3, 0.4) is 0 Å². The topological polar surface area (TPSA) is 15.3 Å². The molecule has 0 amide bonds. The van der Waals surface area contributed by atoms with Gasteiger partial charge in [0.05, 0.1) is 0 Å². The number of hydrogen-bond donors (Lipinski definition) is 1. The fourth-order valence-electron chi connectivity index (χ4n) is 2.04. The summed E-state index contributed by atoms with van der Waals surface area (Å²) in [5.74, 6) is 0. The largest absolute Gasteiger partial charge is 0.311 e. The number of nitrogens with zero attached hydrogens (tertiary/aromatic N) is 1. The minimum atomic E-state index is 0.710. The first kappa shape index (κ1) is 13.3. The highest BCUT2D eigenvalue weighted by Crippen LogP contribution is 2.14. The van der Waals surface area contributed by atoms with Gasteiger partial charge >= 0.3 is 0 Å². The molecule has 3 unspecified atom stereocenters. The Morgan fingerprint density at radius 1 is 1.53 bits per heavy atom. The van der Waals surface area contributed by atoms with E-state index in [1.165, 1.54) is 25.9 Å². The van der Waals surface area contributed by atoms with Crippen molar-refractivity contribution >= 4 is 11.8 Å². The van der Waals surface area contributed by atoms with Gasteiger partial charge in [0.25, 0.3) is 0 Å². The minimum absolute atomic E-state index is 0.710. The van der Waals surface area contributed by atoms with Crippen molar-refractivity contribution in [3.63, 3.8) is 0 Å². The van der Waals surface area contributed by atoms with Gasteiger partial charge in [0.15, 0.2) is 0 Å². The number of hydrogen-bond acceptors (Lipinski definition) is 3. The molecule has 3 heteroatoms. The third kappa shape index (κ3) is 4.33. The van der Waals surface area contributed by atoms with Crippen LogP contribution in [-0.2, 0) is 0 Å².